The molecule has 0 fully saturated rings. The van der Waals surface area contributed by atoms with Crippen molar-refractivity contribution in [2.45, 2.75) is 19.5 Å². The molecule has 1 heterocycles. The van der Waals surface area contributed by atoms with Crippen LogP contribution in [0.15, 0.2) is 30.6 Å². The summed E-state index contributed by atoms with van der Waals surface area (Å²) < 4.78 is 38.5. The monoisotopic (exact) mass is 240 g/mol. The lowest BCUT2D eigenvalue weighted by atomic mass is 9.99. The maximum Gasteiger partial charge on any atom is 0.416 e. The first-order valence-electron chi connectivity index (χ1n) is 5.11. The number of nitrogens with one attached hydrogen (secondary N) is 1. The predicted octanol–water partition coefficient (Wildman–Crippen LogP) is 3.33. The number of nitrogens with zero attached hydrogens (tertiary/aromatic N) is 1. The molecular weight excluding hydrogens is 229 g/mol. The molecule has 0 atom stereocenters. The first kappa shape index (κ1) is 11.7. The summed E-state index contributed by atoms with van der Waals surface area (Å²) in [5.74, 6) is 0. The zero-order valence-corrected chi connectivity index (χ0v) is 9.17. The fourth-order valence-electron chi connectivity index (χ4n) is 1.70. The van der Waals surface area contributed by atoms with Crippen LogP contribution < -0.4 is 0 Å². The van der Waals surface area contributed by atoms with E-state index in [0.29, 0.717) is 5.56 Å². The van der Waals surface area contributed by atoms with Crippen molar-refractivity contribution < 1.29 is 13.2 Å². The number of benzene rings is 1. The third-order valence-corrected chi connectivity index (χ3v) is 2.52. The number of H-pyrrole nitrogens is 1. The van der Waals surface area contributed by atoms with Gasteiger partial charge in [-0.3, -0.25) is 5.10 Å². The molecule has 1 aromatic carbocycles. The van der Waals surface area contributed by atoms with Gasteiger partial charge in [-0.05, 0) is 24.1 Å². The molecule has 17 heavy (non-hydrogen) atoms. The lowest BCUT2D eigenvalue weighted by Gasteiger charge is -2.13. The number of hydrogen-bond donors (Lipinski definition) is 1. The first-order valence-corrected chi connectivity index (χ1v) is 5.11. The van der Waals surface area contributed by atoms with Crippen molar-refractivity contribution in [3.05, 3.63) is 52.8 Å². The van der Waals surface area contributed by atoms with E-state index in [1.807, 2.05) is 0 Å². The summed E-state index contributed by atoms with van der Waals surface area (Å²) >= 11 is 0. The smallest absolute Gasteiger partial charge is 0.285 e. The van der Waals surface area contributed by atoms with E-state index in [9.17, 15) is 13.2 Å². The van der Waals surface area contributed by atoms with Crippen molar-refractivity contribution in [3.63, 3.8) is 0 Å². The topological polar surface area (TPSA) is 28.7 Å². The Labute approximate surface area is 96.5 Å². The number of hydrogen-bond acceptors (Lipinski definition) is 1. The lowest BCUT2D eigenvalue weighted by molar-refractivity contribution is -0.138. The van der Waals surface area contributed by atoms with Crippen molar-refractivity contribution >= 4 is 0 Å². The van der Waals surface area contributed by atoms with Gasteiger partial charge in [0.15, 0.2) is 0 Å². The Balaban J connectivity index is 2.40. The minimum Gasteiger partial charge on any atom is -0.285 e. The Morgan fingerprint density at radius 1 is 1.29 bits per heavy atom. The number of aromatic amines is 1. The van der Waals surface area contributed by atoms with Crippen molar-refractivity contribution in [1.82, 2.24) is 10.2 Å². The molecule has 0 bridgehead atoms. The van der Waals surface area contributed by atoms with Crippen LogP contribution in [-0.4, -0.2) is 10.2 Å². The normalized spacial score (nSPS) is 11.8. The molecule has 0 aliphatic heterocycles. The zero-order valence-electron chi connectivity index (χ0n) is 9.17. The second kappa shape index (κ2) is 4.24. The third-order valence-electron chi connectivity index (χ3n) is 2.52. The molecule has 0 amide bonds. The number of aromatic nitrogens is 2. The summed E-state index contributed by atoms with van der Waals surface area (Å²) in [4.78, 5) is 0. The van der Waals surface area contributed by atoms with Gasteiger partial charge < -0.3 is 0 Å². The van der Waals surface area contributed by atoms with Crippen LogP contribution in [0, 0.1) is 6.92 Å². The van der Waals surface area contributed by atoms with Gasteiger partial charge >= 0.3 is 6.18 Å². The highest BCUT2D eigenvalue weighted by atomic mass is 19.4. The van der Waals surface area contributed by atoms with Crippen molar-refractivity contribution in [3.8, 4) is 0 Å². The molecule has 0 radical (unpaired) electrons. The van der Waals surface area contributed by atoms with Gasteiger partial charge in [-0.2, -0.15) is 18.3 Å². The quantitative estimate of drug-likeness (QED) is 0.857. The lowest BCUT2D eigenvalue weighted by Crippen LogP contribution is -2.09. The highest BCUT2D eigenvalue weighted by Crippen LogP contribution is 2.33. The van der Waals surface area contributed by atoms with Crippen LogP contribution >= 0.6 is 0 Å². The fraction of sp³-hybridized carbons (Fsp3) is 0.250. The molecule has 0 aliphatic rings. The van der Waals surface area contributed by atoms with Crippen LogP contribution in [0.25, 0.3) is 0 Å². The van der Waals surface area contributed by atoms with Crippen LogP contribution in [-0.2, 0) is 12.6 Å². The second-order valence-corrected chi connectivity index (χ2v) is 3.94. The van der Waals surface area contributed by atoms with Crippen molar-refractivity contribution in [1.29, 1.82) is 0 Å². The molecule has 0 saturated carbocycles. The predicted molar refractivity (Wildman–Crippen MR) is 57.6 cm³/mol. The largest absolute Gasteiger partial charge is 0.416 e. The molecule has 5 heteroatoms. The standard InChI is InChI=1S/C12H11F3N2/c1-8-2-3-10(5-9-6-16-17-7-9)11(4-8)12(13,14)15/h2-4,6-7H,5H2,1H3,(H,16,17). The Morgan fingerprint density at radius 2 is 2.06 bits per heavy atom. The number of aryl methyl sites for hydroxylation is 1. The van der Waals surface area contributed by atoms with Gasteiger partial charge in [0, 0.05) is 12.6 Å². The summed E-state index contributed by atoms with van der Waals surface area (Å²) in [7, 11) is 0. The van der Waals surface area contributed by atoms with Crippen LogP contribution in [0.1, 0.15) is 22.3 Å². The Bertz CT molecular complexity index is 501. The van der Waals surface area contributed by atoms with Gasteiger partial charge in [-0.1, -0.05) is 17.7 Å². The second-order valence-electron chi connectivity index (χ2n) is 3.94. The van der Waals surface area contributed by atoms with E-state index >= 15 is 0 Å². The summed E-state index contributed by atoms with van der Waals surface area (Å²) in [6.45, 7) is 1.65. The molecule has 90 valence electrons. The molecule has 0 saturated heterocycles. The molecular formula is C12H11F3N2. The van der Waals surface area contributed by atoms with E-state index < -0.39 is 11.7 Å². The molecule has 0 unspecified atom stereocenters. The van der Waals surface area contributed by atoms with E-state index in [1.54, 1.807) is 19.2 Å². The molecule has 1 aromatic heterocycles. The summed E-state index contributed by atoms with van der Waals surface area (Å²) in [5, 5.41) is 6.31. The van der Waals surface area contributed by atoms with Crippen LogP contribution in [0.2, 0.25) is 0 Å². The van der Waals surface area contributed by atoms with Crippen molar-refractivity contribution in [2.24, 2.45) is 0 Å². The SMILES string of the molecule is Cc1ccc(Cc2cn[nH]c2)c(C(F)(F)F)c1. The molecule has 2 rings (SSSR count). The van der Waals surface area contributed by atoms with Crippen molar-refractivity contribution in [2.75, 3.05) is 0 Å². The zero-order chi connectivity index (χ0) is 12.5. The van der Waals surface area contributed by atoms with Crippen LogP contribution in [0.5, 0.6) is 0 Å². The average Bonchev–Trinajstić information content (AvgIpc) is 2.72. The van der Waals surface area contributed by atoms with E-state index in [-0.39, 0.29) is 12.0 Å². The summed E-state index contributed by atoms with van der Waals surface area (Å²) in [6.07, 6.45) is -0.962. The summed E-state index contributed by atoms with van der Waals surface area (Å²) in [6, 6.07) is 4.38. The fourth-order valence-corrected chi connectivity index (χ4v) is 1.70. The first-order chi connectivity index (χ1) is 7.97. The van der Waals surface area contributed by atoms with E-state index in [0.717, 1.165) is 5.56 Å². The maximum atomic E-state index is 12.8. The van der Waals surface area contributed by atoms with E-state index in [2.05, 4.69) is 10.2 Å². The minimum atomic E-state index is -4.31. The van der Waals surface area contributed by atoms with E-state index in [1.165, 1.54) is 18.3 Å². The van der Waals surface area contributed by atoms with Gasteiger partial charge in [0.2, 0.25) is 0 Å². The van der Waals surface area contributed by atoms with Gasteiger partial charge in [0.1, 0.15) is 0 Å². The van der Waals surface area contributed by atoms with Crippen LogP contribution in [0.4, 0.5) is 13.2 Å². The maximum absolute atomic E-state index is 12.8. The van der Waals surface area contributed by atoms with Gasteiger partial charge in [0.05, 0.1) is 11.8 Å². The minimum absolute atomic E-state index is 0.228. The highest BCUT2D eigenvalue weighted by molar-refractivity contribution is 5.36. The Morgan fingerprint density at radius 3 is 2.65 bits per heavy atom. The third kappa shape index (κ3) is 2.67. The van der Waals surface area contributed by atoms with Gasteiger partial charge in [0.25, 0.3) is 0 Å². The Hall–Kier alpha value is -1.78. The number of rotatable bonds is 2. The van der Waals surface area contributed by atoms with Gasteiger partial charge in [-0.15, -0.1) is 0 Å². The molecule has 1 N–H and O–H groups in total. The van der Waals surface area contributed by atoms with E-state index in [4.69, 9.17) is 0 Å². The summed E-state index contributed by atoms with van der Waals surface area (Å²) in [5.41, 5.74) is 1.04. The molecule has 0 aliphatic carbocycles. The van der Waals surface area contributed by atoms with Crippen LogP contribution in [0.3, 0.4) is 0 Å². The number of alkyl halides is 3. The van der Waals surface area contributed by atoms with Gasteiger partial charge in [-0.25, -0.2) is 0 Å². The molecule has 0 spiro atoms. The molecule has 2 nitrogen and oxygen atoms in total. The number of halogens is 3. The molecule has 2 aromatic rings. The highest BCUT2D eigenvalue weighted by Gasteiger charge is 2.33. The Kier molecular flexibility index (Phi) is 2.92. The average molecular weight is 240 g/mol.